The van der Waals surface area contributed by atoms with Crippen LogP contribution in [0.25, 0.3) is 27.7 Å². The topological polar surface area (TPSA) is 72.1 Å². The van der Waals surface area contributed by atoms with Crippen LogP contribution in [-0.2, 0) is 11.3 Å². The Kier molecular flexibility index (Phi) is 5.90. The molecular weight excluding hydrogens is 434 g/mol. The van der Waals surface area contributed by atoms with E-state index in [1.165, 1.54) is 0 Å². The summed E-state index contributed by atoms with van der Waals surface area (Å²) in [5.74, 6) is -2.49. The van der Waals surface area contributed by atoms with E-state index >= 15 is 0 Å². The first-order valence-electron chi connectivity index (χ1n) is 11.9. The average Bonchev–Trinajstić information content (AvgIpc) is 3.15. The summed E-state index contributed by atoms with van der Waals surface area (Å²) in [6.45, 7) is 5.73. The van der Waals surface area contributed by atoms with Crippen LogP contribution in [0.2, 0.25) is 0 Å². The SMILES string of the molecule is C=C(N)c1cccc(-c2cn(C3CCC(F)(F)CC3)c3cc(CNC(=O)C4CNC4)ccc23)c1. The third-order valence-electron chi connectivity index (χ3n) is 7.14. The molecule has 1 aliphatic carbocycles. The summed E-state index contributed by atoms with van der Waals surface area (Å²) in [5, 5.41) is 7.19. The molecule has 1 aliphatic heterocycles. The van der Waals surface area contributed by atoms with Crippen LogP contribution in [0.5, 0.6) is 0 Å². The van der Waals surface area contributed by atoms with Crippen molar-refractivity contribution < 1.29 is 13.6 Å². The number of rotatable bonds is 6. The Hall–Kier alpha value is -3.19. The van der Waals surface area contributed by atoms with Gasteiger partial charge in [0.15, 0.2) is 0 Å². The molecule has 5 rings (SSSR count). The molecule has 178 valence electrons. The van der Waals surface area contributed by atoms with Crippen LogP contribution < -0.4 is 16.4 Å². The van der Waals surface area contributed by atoms with Crippen LogP contribution in [0.15, 0.2) is 55.2 Å². The molecule has 1 aromatic heterocycles. The van der Waals surface area contributed by atoms with Gasteiger partial charge in [-0.05, 0) is 41.7 Å². The van der Waals surface area contributed by atoms with Gasteiger partial charge in [-0.2, -0.15) is 0 Å². The van der Waals surface area contributed by atoms with E-state index in [0.29, 0.717) is 25.1 Å². The molecule has 3 aromatic rings. The Morgan fingerprint density at radius 3 is 2.62 bits per heavy atom. The summed E-state index contributed by atoms with van der Waals surface area (Å²) < 4.78 is 29.9. The monoisotopic (exact) mass is 464 g/mol. The maximum absolute atomic E-state index is 13.9. The van der Waals surface area contributed by atoms with Gasteiger partial charge in [-0.25, -0.2) is 8.78 Å². The fourth-order valence-electron chi connectivity index (χ4n) is 4.94. The molecule has 2 heterocycles. The maximum atomic E-state index is 13.9. The third kappa shape index (κ3) is 4.44. The number of carbonyl (C=O) groups is 1. The van der Waals surface area contributed by atoms with Gasteiger partial charge in [-0.3, -0.25) is 4.79 Å². The van der Waals surface area contributed by atoms with Crippen LogP contribution in [0.1, 0.15) is 42.9 Å². The normalized spacial score (nSPS) is 18.5. The first-order valence-corrected chi connectivity index (χ1v) is 11.9. The molecule has 0 radical (unpaired) electrons. The maximum Gasteiger partial charge on any atom is 0.248 e. The zero-order valence-electron chi connectivity index (χ0n) is 19.1. The van der Waals surface area contributed by atoms with Crippen molar-refractivity contribution in [1.29, 1.82) is 0 Å². The summed E-state index contributed by atoms with van der Waals surface area (Å²) in [6.07, 6.45) is 2.76. The summed E-state index contributed by atoms with van der Waals surface area (Å²) in [5.41, 5.74) is 11.3. The van der Waals surface area contributed by atoms with E-state index in [9.17, 15) is 13.6 Å². The van der Waals surface area contributed by atoms with E-state index < -0.39 is 5.92 Å². The molecule has 7 heteroatoms. The Labute approximate surface area is 198 Å². The fraction of sp³-hybridized carbons (Fsp3) is 0.370. The van der Waals surface area contributed by atoms with E-state index in [2.05, 4.69) is 40.1 Å². The minimum Gasteiger partial charge on any atom is -0.399 e. The number of hydrogen-bond acceptors (Lipinski definition) is 3. The Morgan fingerprint density at radius 1 is 1.18 bits per heavy atom. The molecule has 0 unspecified atom stereocenters. The molecule has 0 bridgehead atoms. The first-order chi connectivity index (χ1) is 16.3. The van der Waals surface area contributed by atoms with Crippen molar-refractivity contribution in [3.05, 3.63) is 66.4 Å². The number of benzene rings is 2. The number of nitrogens with one attached hydrogen (secondary N) is 2. The highest BCUT2D eigenvalue weighted by atomic mass is 19.3. The van der Waals surface area contributed by atoms with Crippen molar-refractivity contribution >= 4 is 22.5 Å². The Balaban J connectivity index is 1.51. The zero-order chi connectivity index (χ0) is 23.9. The molecule has 4 N–H and O–H groups in total. The van der Waals surface area contributed by atoms with Gasteiger partial charge in [-0.15, -0.1) is 0 Å². The van der Waals surface area contributed by atoms with E-state index in [0.717, 1.165) is 46.2 Å². The largest absolute Gasteiger partial charge is 0.399 e. The molecule has 1 amide bonds. The van der Waals surface area contributed by atoms with Crippen molar-refractivity contribution in [3.63, 3.8) is 0 Å². The standard InChI is InChI=1S/C27H30F2N4O/c1-17(30)19-3-2-4-20(12-19)24-16-33(22-7-9-27(28,29)10-8-22)25-11-18(5-6-23(24)25)13-32-26(34)21-14-31-15-21/h2-6,11-12,16,21-22,31H,1,7-10,13-15,30H2,(H,32,34). The predicted molar refractivity (Wildman–Crippen MR) is 131 cm³/mol. The lowest BCUT2D eigenvalue weighted by atomic mass is 9.92. The van der Waals surface area contributed by atoms with Crippen LogP contribution >= 0.6 is 0 Å². The number of carbonyl (C=O) groups excluding carboxylic acids is 1. The smallest absolute Gasteiger partial charge is 0.248 e. The fourth-order valence-corrected chi connectivity index (χ4v) is 4.94. The number of hydrogen-bond donors (Lipinski definition) is 3. The second-order valence-electron chi connectivity index (χ2n) is 9.57. The van der Waals surface area contributed by atoms with Crippen molar-refractivity contribution in [1.82, 2.24) is 15.2 Å². The summed E-state index contributed by atoms with van der Waals surface area (Å²) in [6, 6.07) is 14.1. The highest BCUT2D eigenvalue weighted by Crippen LogP contribution is 2.42. The average molecular weight is 465 g/mol. The van der Waals surface area contributed by atoms with Crippen molar-refractivity contribution in [3.8, 4) is 11.1 Å². The third-order valence-corrected chi connectivity index (χ3v) is 7.14. The van der Waals surface area contributed by atoms with Gasteiger partial charge < -0.3 is 20.9 Å². The van der Waals surface area contributed by atoms with Gasteiger partial charge in [0.2, 0.25) is 11.8 Å². The van der Waals surface area contributed by atoms with E-state index in [1.807, 2.05) is 30.3 Å². The Bertz CT molecular complexity index is 1230. The lowest BCUT2D eigenvalue weighted by Gasteiger charge is -2.30. The van der Waals surface area contributed by atoms with Crippen LogP contribution in [0.4, 0.5) is 8.78 Å². The number of fused-ring (bicyclic) bond motifs is 1. The molecule has 2 aromatic carbocycles. The number of nitrogens with two attached hydrogens (primary N) is 1. The number of nitrogens with zero attached hydrogens (tertiary/aromatic N) is 1. The molecule has 0 spiro atoms. The Morgan fingerprint density at radius 2 is 1.94 bits per heavy atom. The zero-order valence-corrected chi connectivity index (χ0v) is 19.1. The van der Waals surface area contributed by atoms with Crippen molar-refractivity contribution in [2.45, 2.75) is 44.2 Å². The quantitative estimate of drug-likeness (QED) is 0.490. The lowest BCUT2D eigenvalue weighted by molar-refractivity contribution is -0.126. The summed E-state index contributed by atoms with van der Waals surface area (Å²) in [7, 11) is 0. The first kappa shape index (κ1) is 22.6. The number of halogens is 2. The van der Waals surface area contributed by atoms with Crippen LogP contribution in [0, 0.1) is 5.92 Å². The van der Waals surface area contributed by atoms with E-state index in [-0.39, 0.29) is 30.7 Å². The molecule has 2 fully saturated rings. The van der Waals surface area contributed by atoms with Crippen molar-refractivity contribution in [2.75, 3.05) is 13.1 Å². The lowest BCUT2D eigenvalue weighted by Crippen LogP contribution is -2.50. The highest BCUT2D eigenvalue weighted by molar-refractivity contribution is 5.97. The van der Waals surface area contributed by atoms with Crippen LogP contribution in [-0.4, -0.2) is 29.5 Å². The number of alkyl halides is 2. The minimum atomic E-state index is -2.58. The number of aromatic nitrogens is 1. The number of amides is 1. The molecule has 1 saturated heterocycles. The van der Waals surface area contributed by atoms with E-state index in [1.54, 1.807) is 0 Å². The van der Waals surface area contributed by atoms with Gasteiger partial charge in [0.05, 0.1) is 5.92 Å². The van der Waals surface area contributed by atoms with Crippen molar-refractivity contribution in [2.24, 2.45) is 11.7 Å². The molecular formula is C27H30F2N4O. The second-order valence-corrected chi connectivity index (χ2v) is 9.57. The molecule has 2 aliphatic rings. The second kappa shape index (κ2) is 8.87. The van der Waals surface area contributed by atoms with Gasteiger partial charge >= 0.3 is 0 Å². The molecule has 0 atom stereocenters. The van der Waals surface area contributed by atoms with Crippen LogP contribution in [0.3, 0.4) is 0 Å². The van der Waals surface area contributed by atoms with Gasteiger partial charge in [0.25, 0.3) is 0 Å². The molecule has 1 saturated carbocycles. The predicted octanol–water partition coefficient (Wildman–Crippen LogP) is 4.82. The highest BCUT2D eigenvalue weighted by Gasteiger charge is 2.36. The summed E-state index contributed by atoms with van der Waals surface area (Å²) in [4.78, 5) is 12.3. The minimum absolute atomic E-state index is 0.00873. The van der Waals surface area contributed by atoms with E-state index in [4.69, 9.17) is 5.73 Å². The van der Waals surface area contributed by atoms with Gasteiger partial charge in [-0.1, -0.05) is 36.9 Å². The molecule has 5 nitrogen and oxygen atoms in total. The van der Waals surface area contributed by atoms with Gasteiger partial charge in [0.1, 0.15) is 0 Å². The summed E-state index contributed by atoms with van der Waals surface area (Å²) >= 11 is 0. The molecule has 34 heavy (non-hydrogen) atoms. The van der Waals surface area contributed by atoms with Gasteiger partial charge in [0, 0.05) is 66.9 Å².